The van der Waals surface area contributed by atoms with E-state index in [1.807, 2.05) is 25.1 Å². The average Bonchev–Trinajstić information content (AvgIpc) is 2.83. The number of aromatic hydroxyl groups is 1. The average molecular weight is 463 g/mol. The lowest BCUT2D eigenvalue weighted by atomic mass is 9.96. The quantitative estimate of drug-likeness (QED) is 0.434. The van der Waals surface area contributed by atoms with Gasteiger partial charge < -0.3 is 9.84 Å². The molecule has 1 aliphatic rings. The van der Waals surface area contributed by atoms with Crippen LogP contribution in [-0.2, 0) is 4.74 Å². The van der Waals surface area contributed by atoms with E-state index in [-0.39, 0.29) is 17.2 Å². The van der Waals surface area contributed by atoms with Crippen molar-refractivity contribution < 1.29 is 9.84 Å². The van der Waals surface area contributed by atoms with E-state index in [0.717, 1.165) is 34.3 Å². The first-order valence-corrected chi connectivity index (χ1v) is 11.2. The highest BCUT2D eigenvalue weighted by atomic mass is 35.5. The van der Waals surface area contributed by atoms with Crippen LogP contribution in [-0.4, -0.2) is 31.5 Å². The summed E-state index contributed by atoms with van der Waals surface area (Å²) in [5, 5.41) is 15.5. The second-order valence-corrected chi connectivity index (χ2v) is 8.71. The Morgan fingerprint density at radius 3 is 2.61 bits per heavy atom. The highest BCUT2D eigenvalue weighted by Crippen LogP contribution is 2.33. The van der Waals surface area contributed by atoms with Gasteiger partial charge in [0.15, 0.2) is 11.4 Å². The van der Waals surface area contributed by atoms with Crippen LogP contribution in [0.3, 0.4) is 0 Å². The number of aryl methyl sites for hydroxylation is 1. The molecule has 0 radical (unpaired) electrons. The molecule has 1 aromatic carbocycles. The number of phenolic OH excluding ortho intramolecular Hbond substituents is 1. The molecule has 1 aliphatic heterocycles. The molecule has 2 atom stereocenters. The van der Waals surface area contributed by atoms with Crippen LogP contribution in [0.15, 0.2) is 53.5 Å². The van der Waals surface area contributed by atoms with Gasteiger partial charge in [0.2, 0.25) is 0 Å². The van der Waals surface area contributed by atoms with Crippen molar-refractivity contribution in [3.8, 4) is 16.9 Å². The van der Waals surface area contributed by atoms with Gasteiger partial charge in [-0.25, -0.2) is 14.6 Å². The van der Waals surface area contributed by atoms with Gasteiger partial charge in [-0.1, -0.05) is 29.8 Å². The molecule has 0 spiro atoms. The van der Waals surface area contributed by atoms with E-state index in [0.29, 0.717) is 29.3 Å². The number of aromatic nitrogens is 4. The molecule has 0 saturated carbocycles. The Balaban J connectivity index is 1.38. The fourth-order valence-electron chi connectivity index (χ4n) is 4.48. The van der Waals surface area contributed by atoms with Crippen LogP contribution in [0, 0.1) is 13.8 Å². The number of ether oxygens (including phenoxy) is 1. The standard InChI is InChI=1S/C25H23ClN4O3/c1-14-22(16-3-7-19(31)8-4-16)15(2)29-30(25(14)32)21-10-6-18(13-33-21)20-9-5-17-11-12-27-24(26)23(17)28-20/h3-5,7-9,11-12,18,21,31H,6,10,13H2,1-2H3. The molecule has 1 saturated heterocycles. The Labute approximate surface area is 195 Å². The molecular weight excluding hydrogens is 440 g/mol. The van der Waals surface area contributed by atoms with E-state index in [1.54, 1.807) is 37.4 Å². The summed E-state index contributed by atoms with van der Waals surface area (Å²) in [6.45, 7) is 4.12. The van der Waals surface area contributed by atoms with Gasteiger partial charge >= 0.3 is 0 Å². The minimum Gasteiger partial charge on any atom is -0.508 e. The second-order valence-electron chi connectivity index (χ2n) is 8.35. The fourth-order valence-corrected chi connectivity index (χ4v) is 4.68. The van der Waals surface area contributed by atoms with E-state index >= 15 is 0 Å². The van der Waals surface area contributed by atoms with Crippen LogP contribution in [0.4, 0.5) is 0 Å². The van der Waals surface area contributed by atoms with Gasteiger partial charge in [0, 0.05) is 34.3 Å². The van der Waals surface area contributed by atoms with Gasteiger partial charge in [-0.05, 0) is 56.5 Å². The first-order chi connectivity index (χ1) is 15.9. The maximum Gasteiger partial charge on any atom is 0.272 e. The number of benzene rings is 1. The molecule has 5 rings (SSSR count). The minimum atomic E-state index is -0.425. The molecule has 4 heterocycles. The SMILES string of the molecule is Cc1nn(C2CCC(c3ccc4ccnc(Cl)c4n3)CO2)c(=O)c(C)c1-c1ccc(O)cc1. The Kier molecular flexibility index (Phi) is 5.60. The Hall–Kier alpha value is -3.29. The lowest BCUT2D eigenvalue weighted by molar-refractivity contribution is -0.0531. The summed E-state index contributed by atoms with van der Waals surface area (Å²) in [6.07, 6.45) is 2.70. The molecule has 8 heteroatoms. The van der Waals surface area contributed by atoms with E-state index in [1.165, 1.54) is 4.68 Å². The van der Waals surface area contributed by atoms with Crippen molar-refractivity contribution in [2.45, 2.75) is 38.8 Å². The van der Waals surface area contributed by atoms with Crippen molar-refractivity contribution in [1.82, 2.24) is 19.7 Å². The number of fused-ring (bicyclic) bond motifs is 1. The van der Waals surface area contributed by atoms with Gasteiger partial charge in [0.05, 0.1) is 12.3 Å². The molecule has 0 aliphatic carbocycles. The maximum atomic E-state index is 13.2. The van der Waals surface area contributed by atoms with Crippen LogP contribution in [0.2, 0.25) is 5.15 Å². The molecule has 0 amide bonds. The largest absolute Gasteiger partial charge is 0.508 e. The van der Waals surface area contributed by atoms with Gasteiger partial charge in [0.1, 0.15) is 11.3 Å². The van der Waals surface area contributed by atoms with E-state index in [2.05, 4.69) is 10.1 Å². The molecule has 7 nitrogen and oxygen atoms in total. The summed E-state index contributed by atoms with van der Waals surface area (Å²) in [5.41, 5.74) is 4.40. The molecule has 1 fully saturated rings. The molecule has 1 N–H and O–H groups in total. The Bertz CT molecular complexity index is 1390. The second kappa shape index (κ2) is 8.57. The Morgan fingerprint density at radius 2 is 1.88 bits per heavy atom. The normalized spacial score (nSPS) is 18.5. The topological polar surface area (TPSA) is 90.1 Å². The fraction of sp³-hybridized carbons (Fsp3) is 0.280. The zero-order chi connectivity index (χ0) is 23.1. The van der Waals surface area contributed by atoms with Crippen molar-refractivity contribution in [1.29, 1.82) is 0 Å². The van der Waals surface area contributed by atoms with Crippen molar-refractivity contribution in [2.24, 2.45) is 0 Å². The number of hydrogen-bond acceptors (Lipinski definition) is 6. The third-order valence-corrected chi connectivity index (χ3v) is 6.48. The first-order valence-electron chi connectivity index (χ1n) is 10.8. The van der Waals surface area contributed by atoms with Crippen LogP contribution in [0.5, 0.6) is 5.75 Å². The highest BCUT2D eigenvalue weighted by Gasteiger charge is 2.28. The maximum absolute atomic E-state index is 13.2. The number of pyridine rings is 2. The van der Waals surface area contributed by atoms with E-state index < -0.39 is 6.23 Å². The van der Waals surface area contributed by atoms with Gasteiger partial charge in [-0.15, -0.1) is 0 Å². The lowest BCUT2D eigenvalue weighted by Gasteiger charge is -2.30. The van der Waals surface area contributed by atoms with Crippen molar-refractivity contribution in [3.05, 3.63) is 81.1 Å². The summed E-state index contributed by atoms with van der Waals surface area (Å²) < 4.78 is 7.56. The summed E-state index contributed by atoms with van der Waals surface area (Å²) in [5.74, 6) is 0.288. The van der Waals surface area contributed by atoms with Gasteiger partial charge in [-0.3, -0.25) is 4.79 Å². The third kappa shape index (κ3) is 3.98. The lowest BCUT2D eigenvalue weighted by Crippen LogP contribution is -2.35. The zero-order valence-electron chi connectivity index (χ0n) is 18.3. The van der Waals surface area contributed by atoms with Crippen LogP contribution >= 0.6 is 11.6 Å². The summed E-state index contributed by atoms with van der Waals surface area (Å²) >= 11 is 6.22. The van der Waals surface area contributed by atoms with E-state index in [9.17, 15) is 9.90 Å². The van der Waals surface area contributed by atoms with Crippen LogP contribution in [0.25, 0.3) is 22.0 Å². The van der Waals surface area contributed by atoms with Crippen molar-refractivity contribution >= 4 is 22.5 Å². The number of rotatable bonds is 3. The zero-order valence-corrected chi connectivity index (χ0v) is 19.1. The smallest absolute Gasteiger partial charge is 0.272 e. The molecular formula is C25H23ClN4O3. The summed E-state index contributed by atoms with van der Waals surface area (Å²) in [7, 11) is 0. The number of halogens is 1. The van der Waals surface area contributed by atoms with E-state index in [4.69, 9.17) is 21.3 Å². The molecule has 4 aromatic rings. The predicted molar refractivity (Wildman–Crippen MR) is 127 cm³/mol. The summed E-state index contributed by atoms with van der Waals surface area (Å²) in [6, 6.07) is 12.7. The van der Waals surface area contributed by atoms with Gasteiger partial charge in [-0.2, -0.15) is 5.10 Å². The number of phenols is 1. The molecule has 33 heavy (non-hydrogen) atoms. The third-order valence-electron chi connectivity index (χ3n) is 6.21. The highest BCUT2D eigenvalue weighted by molar-refractivity contribution is 6.33. The van der Waals surface area contributed by atoms with Gasteiger partial charge in [0.25, 0.3) is 5.56 Å². The van der Waals surface area contributed by atoms with Crippen molar-refractivity contribution in [3.63, 3.8) is 0 Å². The first kappa shape index (κ1) is 21.6. The molecule has 0 bridgehead atoms. The summed E-state index contributed by atoms with van der Waals surface area (Å²) in [4.78, 5) is 22.0. The Morgan fingerprint density at radius 1 is 1.09 bits per heavy atom. The minimum absolute atomic E-state index is 0.107. The molecule has 2 unspecified atom stereocenters. The molecule has 3 aromatic heterocycles. The van der Waals surface area contributed by atoms with Crippen LogP contribution < -0.4 is 5.56 Å². The van der Waals surface area contributed by atoms with Crippen molar-refractivity contribution in [2.75, 3.05) is 6.61 Å². The monoisotopic (exact) mass is 462 g/mol. The van der Waals surface area contributed by atoms with Crippen LogP contribution in [0.1, 0.15) is 41.9 Å². The predicted octanol–water partition coefficient (Wildman–Crippen LogP) is 4.92. The molecule has 168 valence electrons. The number of hydrogen-bond donors (Lipinski definition) is 1. The number of nitrogens with zero attached hydrogens (tertiary/aromatic N) is 4.